The molecule has 3 rings (SSSR count). The monoisotopic (exact) mass is 262 g/mol. The smallest absolute Gasteiger partial charge is 0.138 e. The molecule has 0 radical (unpaired) electrons. The Hall–Kier alpha value is -0.900. The van der Waals surface area contributed by atoms with Crippen LogP contribution in [0.5, 0.6) is 0 Å². The highest BCUT2D eigenvalue weighted by atomic mass is 15.3. The topological polar surface area (TPSA) is 56.7 Å². The second kappa shape index (κ2) is 5.23. The summed E-state index contributed by atoms with van der Waals surface area (Å²) in [6, 6.07) is 0.609. The van der Waals surface area contributed by atoms with Crippen LogP contribution >= 0.6 is 0 Å². The second-order valence-corrected chi connectivity index (χ2v) is 6.85. The third-order valence-electron chi connectivity index (χ3n) is 5.07. The third-order valence-corrected chi connectivity index (χ3v) is 5.07. The number of hydrogen-bond acceptors (Lipinski definition) is 3. The van der Waals surface area contributed by atoms with E-state index < -0.39 is 0 Å². The van der Waals surface area contributed by atoms with Crippen molar-refractivity contribution in [3.8, 4) is 0 Å². The van der Waals surface area contributed by atoms with E-state index in [0.717, 1.165) is 30.0 Å². The van der Waals surface area contributed by atoms with Gasteiger partial charge in [-0.25, -0.2) is 9.67 Å². The zero-order valence-corrected chi connectivity index (χ0v) is 12.1. The molecule has 0 spiro atoms. The standard InChI is InChI=1S/C15H26N4/c1-10(2)19-15(17-9-18-19)8-14(16)7-13-6-11-3-4-12(13)5-11/h9-14H,3-8,16H2,1-2H3. The molecule has 1 aromatic rings. The Labute approximate surface area is 115 Å². The number of fused-ring (bicyclic) bond motifs is 2. The van der Waals surface area contributed by atoms with Crippen LogP contribution in [0.25, 0.3) is 0 Å². The number of aromatic nitrogens is 3. The highest BCUT2D eigenvalue weighted by Crippen LogP contribution is 2.49. The lowest BCUT2D eigenvalue weighted by Crippen LogP contribution is -2.29. The van der Waals surface area contributed by atoms with E-state index in [4.69, 9.17) is 5.73 Å². The minimum Gasteiger partial charge on any atom is -0.327 e. The zero-order chi connectivity index (χ0) is 13.4. The van der Waals surface area contributed by atoms with Gasteiger partial charge in [-0.05, 0) is 57.3 Å². The van der Waals surface area contributed by atoms with Crippen molar-refractivity contribution in [3.05, 3.63) is 12.2 Å². The number of nitrogens with two attached hydrogens (primary N) is 1. The van der Waals surface area contributed by atoms with Crippen LogP contribution in [0, 0.1) is 17.8 Å². The summed E-state index contributed by atoms with van der Waals surface area (Å²) in [5, 5.41) is 4.29. The van der Waals surface area contributed by atoms with Gasteiger partial charge in [-0.3, -0.25) is 0 Å². The minimum absolute atomic E-state index is 0.242. The van der Waals surface area contributed by atoms with Gasteiger partial charge in [-0.2, -0.15) is 5.10 Å². The quantitative estimate of drug-likeness (QED) is 0.887. The molecule has 2 saturated carbocycles. The van der Waals surface area contributed by atoms with Gasteiger partial charge in [0.15, 0.2) is 0 Å². The molecule has 1 heterocycles. The summed E-state index contributed by atoms with van der Waals surface area (Å²) >= 11 is 0. The summed E-state index contributed by atoms with van der Waals surface area (Å²) in [6.07, 6.45) is 9.51. The molecule has 2 bridgehead atoms. The van der Waals surface area contributed by atoms with Crippen LogP contribution in [-0.4, -0.2) is 20.8 Å². The van der Waals surface area contributed by atoms with Gasteiger partial charge in [-0.15, -0.1) is 0 Å². The average Bonchev–Trinajstić information content (AvgIpc) is 3.03. The molecule has 0 aromatic carbocycles. The molecule has 4 atom stereocenters. The van der Waals surface area contributed by atoms with Gasteiger partial charge < -0.3 is 5.73 Å². The van der Waals surface area contributed by atoms with E-state index in [-0.39, 0.29) is 6.04 Å². The summed E-state index contributed by atoms with van der Waals surface area (Å²) in [5.41, 5.74) is 6.36. The highest BCUT2D eigenvalue weighted by molar-refractivity contribution is 4.95. The first-order valence-electron chi connectivity index (χ1n) is 7.77. The van der Waals surface area contributed by atoms with E-state index in [2.05, 4.69) is 23.9 Å². The number of hydrogen-bond donors (Lipinski definition) is 1. The van der Waals surface area contributed by atoms with E-state index in [1.807, 2.05) is 4.68 Å². The van der Waals surface area contributed by atoms with E-state index in [0.29, 0.717) is 6.04 Å². The van der Waals surface area contributed by atoms with Crippen molar-refractivity contribution in [1.82, 2.24) is 14.8 Å². The van der Waals surface area contributed by atoms with Crippen molar-refractivity contribution in [3.63, 3.8) is 0 Å². The lowest BCUT2D eigenvalue weighted by molar-refractivity contribution is 0.291. The molecule has 0 amide bonds. The van der Waals surface area contributed by atoms with Gasteiger partial charge in [0.25, 0.3) is 0 Å². The molecule has 4 heteroatoms. The van der Waals surface area contributed by atoms with Crippen molar-refractivity contribution in [2.24, 2.45) is 23.5 Å². The van der Waals surface area contributed by atoms with Crippen LogP contribution < -0.4 is 5.73 Å². The van der Waals surface area contributed by atoms with Crippen LogP contribution in [0.4, 0.5) is 0 Å². The lowest BCUT2D eigenvalue weighted by Gasteiger charge is -2.24. The molecule has 0 saturated heterocycles. The van der Waals surface area contributed by atoms with Crippen LogP contribution in [-0.2, 0) is 6.42 Å². The van der Waals surface area contributed by atoms with Crippen molar-refractivity contribution in [1.29, 1.82) is 0 Å². The molecule has 2 N–H and O–H groups in total. The number of rotatable bonds is 5. The van der Waals surface area contributed by atoms with Crippen LogP contribution in [0.15, 0.2) is 6.33 Å². The maximum atomic E-state index is 6.36. The highest BCUT2D eigenvalue weighted by Gasteiger charge is 2.39. The maximum Gasteiger partial charge on any atom is 0.138 e. The van der Waals surface area contributed by atoms with Gasteiger partial charge in [0.2, 0.25) is 0 Å². The van der Waals surface area contributed by atoms with Gasteiger partial charge in [-0.1, -0.05) is 6.42 Å². The molecule has 0 aliphatic heterocycles. The predicted molar refractivity (Wildman–Crippen MR) is 75.6 cm³/mol. The molecule has 2 aliphatic carbocycles. The Balaban J connectivity index is 1.56. The Morgan fingerprint density at radius 1 is 1.37 bits per heavy atom. The van der Waals surface area contributed by atoms with E-state index in [9.17, 15) is 0 Å². The van der Waals surface area contributed by atoms with Gasteiger partial charge in [0.1, 0.15) is 12.2 Å². The predicted octanol–water partition coefficient (Wildman–Crippen LogP) is 2.56. The van der Waals surface area contributed by atoms with E-state index >= 15 is 0 Å². The van der Waals surface area contributed by atoms with Crippen LogP contribution in [0.2, 0.25) is 0 Å². The van der Waals surface area contributed by atoms with Crippen molar-refractivity contribution >= 4 is 0 Å². The minimum atomic E-state index is 0.242. The summed E-state index contributed by atoms with van der Waals surface area (Å²) in [7, 11) is 0. The fraction of sp³-hybridized carbons (Fsp3) is 0.867. The summed E-state index contributed by atoms with van der Waals surface area (Å²) in [5.74, 6) is 3.91. The SMILES string of the molecule is CC(C)n1ncnc1CC(N)CC1CC2CCC1C2. The molecule has 106 valence electrons. The fourth-order valence-electron chi connectivity index (χ4n) is 4.22. The van der Waals surface area contributed by atoms with E-state index in [1.165, 1.54) is 32.1 Å². The summed E-state index contributed by atoms with van der Waals surface area (Å²) in [4.78, 5) is 4.37. The van der Waals surface area contributed by atoms with Crippen molar-refractivity contribution in [2.75, 3.05) is 0 Å². The first-order chi connectivity index (χ1) is 9.13. The van der Waals surface area contributed by atoms with Crippen LogP contribution in [0.1, 0.15) is 57.8 Å². The lowest BCUT2D eigenvalue weighted by atomic mass is 9.84. The molecule has 2 aliphatic rings. The molecular weight excluding hydrogens is 236 g/mol. The molecule has 1 aromatic heterocycles. The zero-order valence-electron chi connectivity index (χ0n) is 12.1. The van der Waals surface area contributed by atoms with Gasteiger partial charge >= 0.3 is 0 Å². The largest absolute Gasteiger partial charge is 0.327 e. The van der Waals surface area contributed by atoms with Gasteiger partial charge in [0.05, 0.1) is 0 Å². The normalized spacial score (nSPS) is 31.3. The van der Waals surface area contributed by atoms with Crippen LogP contribution in [0.3, 0.4) is 0 Å². The Bertz CT molecular complexity index is 426. The molecular formula is C15H26N4. The van der Waals surface area contributed by atoms with E-state index in [1.54, 1.807) is 6.33 Å². The summed E-state index contributed by atoms with van der Waals surface area (Å²) < 4.78 is 2.00. The fourth-order valence-corrected chi connectivity index (χ4v) is 4.22. The molecule has 4 nitrogen and oxygen atoms in total. The molecule has 2 fully saturated rings. The van der Waals surface area contributed by atoms with Crippen molar-refractivity contribution < 1.29 is 0 Å². The van der Waals surface area contributed by atoms with Crippen molar-refractivity contribution in [2.45, 2.75) is 64.5 Å². The van der Waals surface area contributed by atoms with Gasteiger partial charge in [0, 0.05) is 18.5 Å². The second-order valence-electron chi connectivity index (χ2n) is 6.85. The maximum absolute atomic E-state index is 6.36. The average molecular weight is 262 g/mol. The number of nitrogens with zero attached hydrogens (tertiary/aromatic N) is 3. The first-order valence-corrected chi connectivity index (χ1v) is 7.77. The third kappa shape index (κ3) is 2.69. The molecule has 19 heavy (non-hydrogen) atoms. The first kappa shape index (κ1) is 13.1. The Morgan fingerprint density at radius 3 is 2.84 bits per heavy atom. The summed E-state index contributed by atoms with van der Waals surface area (Å²) in [6.45, 7) is 4.28. The Kier molecular flexibility index (Phi) is 3.61. The Morgan fingerprint density at radius 2 is 2.21 bits per heavy atom. The molecule has 4 unspecified atom stereocenters.